The van der Waals surface area contributed by atoms with E-state index in [0.717, 1.165) is 23.4 Å². The fourth-order valence-electron chi connectivity index (χ4n) is 2.81. The first-order valence-electron chi connectivity index (χ1n) is 7.83. The van der Waals surface area contributed by atoms with Crippen LogP contribution in [0.1, 0.15) is 30.4 Å². The van der Waals surface area contributed by atoms with E-state index in [1.807, 2.05) is 25.1 Å². The molecule has 126 valence electrons. The van der Waals surface area contributed by atoms with E-state index in [2.05, 4.69) is 17.3 Å². The monoisotopic (exact) mass is 363 g/mol. The standard InChI is InChI=1S/C19H19Cl2NO2/c1-12(22-24-11-17-18(20)4-3-5-19(17)21)15-10-16(15)13-6-8-14(23-2)9-7-13/h3-9,15-16H,10-11H2,1-2H3/b22-12-/t15-,16+/m1/s1. The lowest BCUT2D eigenvalue weighted by Gasteiger charge is -2.06. The zero-order valence-corrected chi connectivity index (χ0v) is 15.1. The van der Waals surface area contributed by atoms with E-state index in [1.165, 1.54) is 5.56 Å². The van der Waals surface area contributed by atoms with E-state index in [-0.39, 0.29) is 6.61 Å². The third-order valence-corrected chi connectivity index (χ3v) is 5.06. The van der Waals surface area contributed by atoms with Gasteiger partial charge in [-0.1, -0.05) is 46.6 Å². The Morgan fingerprint density at radius 3 is 2.42 bits per heavy atom. The molecule has 0 heterocycles. The number of ether oxygens (including phenoxy) is 1. The Bertz CT molecular complexity index is 723. The summed E-state index contributed by atoms with van der Waals surface area (Å²) in [6.07, 6.45) is 1.10. The first kappa shape index (κ1) is 17.1. The zero-order valence-electron chi connectivity index (χ0n) is 13.6. The summed E-state index contributed by atoms with van der Waals surface area (Å²) in [6.45, 7) is 2.28. The van der Waals surface area contributed by atoms with Gasteiger partial charge >= 0.3 is 0 Å². The van der Waals surface area contributed by atoms with Gasteiger partial charge in [-0.3, -0.25) is 0 Å². The highest BCUT2D eigenvalue weighted by Crippen LogP contribution is 2.48. The van der Waals surface area contributed by atoms with Crippen molar-refractivity contribution in [2.75, 3.05) is 7.11 Å². The van der Waals surface area contributed by atoms with Gasteiger partial charge in [0.25, 0.3) is 0 Å². The van der Waals surface area contributed by atoms with Gasteiger partial charge in [-0.05, 0) is 49.1 Å². The maximum atomic E-state index is 6.12. The molecule has 24 heavy (non-hydrogen) atoms. The molecule has 3 rings (SSSR count). The molecule has 1 fully saturated rings. The van der Waals surface area contributed by atoms with Gasteiger partial charge in [-0.25, -0.2) is 0 Å². The van der Waals surface area contributed by atoms with Crippen molar-refractivity contribution in [2.24, 2.45) is 11.1 Å². The van der Waals surface area contributed by atoms with Crippen LogP contribution in [0.2, 0.25) is 10.0 Å². The summed E-state index contributed by atoms with van der Waals surface area (Å²) in [5, 5.41) is 5.44. The fourth-order valence-corrected chi connectivity index (χ4v) is 3.32. The minimum absolute atomic E-state index is 0.274. The van der Waals surface area contributed by atoms with Crippen LogP contribution in [0, 0.1) is 5.92 Å². The summed E-state index contributed by atoms with van der Waals surface area (Å²) in [5.74, 6) is 1.81. The van der Waals surface area contributed by atoms with Crippen molar-refractivity contribution in [3.8, 4) is 5.75 Å². The van der Waals surface area contributed by atoms with Crippen LogP contribution in [0.25, 0.3) is 0 Å². The number of benzene rings is 2. The molecule has 0 bridgehead atoms. The van der Waals surface area contributed by atoms with Crippen molar-refractivity contribution >= 4 is 28.9 Å². The number of nitrogens with zero attached hydrogens (tertiary/aromatic N) is 1. The zero-order chi connectivity index (χ0) is 17.1. The summed E-state index contributed by atoms with van der Waals surface area (Å²) in [6, 6.07) is 13.6. The lowest BCUT2D eigenvalue weighted by Crippen LogP contribution is -1.99. The summed E-state index contributed by atoms with van der Waals surface area (Å²) in [7, 11) is 1.67. The van der Waals surface area contributed by atoms with Crippen LogP contribution in [0.4, 0.5) is 0 Å². The van der Waals surface area contributed by atoms with Gasteiger partial charge in [0.2, 0.25) is 0 Å². The van der Waals surface area contributed by atoms with Crippen LogP contribution in [0.5, 0.6) is 5.75 Å². The molecule has 0 N–H and O–H groups in total. The maximum absolute atomic E-state index is 6.12. The van der Waals surface area contributed by atoms with Gasteiger partial charge in [-0.15, -0.1) is 0 Å². The number of methoxy groups -OCH3 is 1. The largest absolute Gasteiger partial charge is 0.497 e. The second-order valence-corrected chi connectivity index (χ2v) is 6.74. The minimum atomic E-state index is 0.274. The predicted molar refractivity (Wildman–Crippen MR) is 98.2 cm³/mol. The molecule has 5 heteroatoms. The van der Waals surface area contributed by atoms with E-state index in [4.69, 9.17) is 32.8 Å². The van der Waals surface area contributed by atoms with Crippen LogP contribution in [-0.2, 0) is 11.4 Å². The van der Waals surface area contributed by atoms with Crippen molar-refractivity contribution in [3.05, 3.63) is 63.6 Å². The summed E-state index contributed by atoms with van der Waals surface area (Å²) in [4.78, 5) is 5.46. The Morgan fingerprint density at radius 1 is 1.12 bits per heavy atom. The quantitative estimate of drug-likeness (QED) is 0.486. The highest BCUT2D eigenvalue weighted by molar-refractivity contribution is 6.35. The van der Waals surface area contributed by atoms with Crippen LogP contribution in [0.15, 0.2) is 47.6 Å². The molecule has 1 aliphatic rings. The fraction of sp³-hybridized carbons (Fsp3) is 0.316. The van der Waals surface area contributed by atoms with E-state index >= 15 is 0 Å². The number of hydrogen-bond acceptors (Lipinski definition) is 3. The van der Waals surface area contributed by atoms with Crippen molar-refractivity contribution < 1.29 is 9.57 Å². The average molecular weight is 364 g/mol. The molecule has 0 radical (unpaired) electrons. The SMILES string of the molecule is COc1ccc([C@@H]2C[C@@H]2/C(C)=N\OCc2c(Cl)cccc2Cl)cc1. The van der Waals surface area contributed by atoms with Crippen LogP contribution in [-0.4, -0.2) is 12.8 Å². The molecular weight excluding hydrogens is 345 g/mol. The Morgan fingerprint density at radius 2 is 1.79 bits per heavy atom. The summed E-state index contributed by atoms with van der Waals surface area (Å²) >= 11 is 12.2. The molecule has 0 amide bonds. The molecule has 2 aromatic carbocycles. The molecule has 3 nitrogen and oxygen atoms in total. The van der Waals surface area contributed by atoms with Gasteiger partial charge in [0.1, 0.15) is 12.4 Å². The van der Waals surface area contributed by atoms with Crippen molar-refractivity contribution in [2.45, 2.75) is 25.9 Å². The highest BCUT2D eigenvalue weighted by Gasteiger charge is 2.40. The average Bonchev–Trinajstić information content (AvgIpc) is 3.38. The third kappa shape index (κ3) is 3.85. The van der Waals surface area contributed by atoms with Crippen molar-refractivity contribution in [3.63, 3.8) is 0 Å². The van der Waals surface area contributed by atoms with E-state index in [0.29, 0.717) is 21.9 Å². The lowest BCUT2D eigenvalue weighted by atomic mass is 10.1. The molecular formula is C19H19Cl2NO2. The normalized spacial score (nSPS) is 19.9. The molecule has 1 saturated carbocycles. The number of halogens is 2. The van der Waals surface area contributed by atoms with E-state index in [9.17, 15) is 0 Å². The molecule has 0 aromatic heterocycles. The third-order valence-electron chi connectivity index (χ3n) is 4.35. The smallest absolute Gasteiger partial charge is 0.145 e. The molecule has 2 atom stereocenters. The maximum Gasteiger partial charge on any atom is 0.145 e. The Balaban J connectivity index is 1.57. The van der Waals surface area contributed by atoms with Gasteiger partial charge in [0.15, 0.2) is 0 Å². The Hall–Kier alpha value is -1.71. The molecule has 0 aliphatic heterocycles. The minimum Gasteiger partial charge on any atom is -0.497 e. The molecule has 0 saturated heterocycles. The van der Waals surface area contributed by atoms with E-state index < -0.39 is 0 Å². The van der Waals surface area contributed by atoms with Gasteiger partial charge in [0, 0.05) is 21.5 Å². The van der Waals surface area contributed by atoms with Gasteiger partial charge < -0.3 is 9.57 Å². The highest BCUT2D eigenvalue weighted by atomic mass is 35.5. The first-order valence-corrected chi connectivity index (χ1v) is 8.59. The Labute approximate surface area is 152 Å². The molecule has 1 aliphatic carbocycles. The molecule has 0 spiro atoms. The van der Waals surface area contributed by atoms with Gasteiger partial charge in [0.05, 0.1) is 12.8 Å². The van der Waals surface area contributed by atoms with E-state index in [1.54, 1.807) is 19.2 Å². The number of hydrogen-bond donors (Lipinski definition) is 0. The van der Waals surface area contributed by atoms with Crippen LogP contribution >= 0.6 is 23.2 Å². The Kier molecular flexibility index (Phi) is 5.32. The van der Waals surface area contributed by atoms with Crippen molar-refractivity contribution in [1.82, 2.24) is 0 Å². The summed E-state index contributed by atoms with van der Waals surface area (Å²) < 4.78 is 5.19. The second-order valence-electron chi connectivity index (χ2n) is 5.93. The van der Waals surface area contributed by atoms with Crippen LogP contribution < -0.4 is 4.74 Å². The summed E-state index contributed by atoms with van der Waals surface area (Å²) in [5.41, 5.74) is 3.07. The number of oxime groups is 1. The predicted octanol–water partition coefficient (Wildman–Crippen LogP) is 5.70. The first-order chi connectivity index (χ1) is 11.6. The van der Waals surface area contributed by atoms with Gasteiger partial charge in [-0.2, -0.15) is 0 Å². The molecule has 2 aromatic rings. The van der Waals surface area contributed by atoms with Crippen molar-refractivity contribution in [1.29, 1.82) is 0 Å². The van der Waals surface area contributed by atoms with Crippen LogP contribution in [0.3, 0.4) is 0 Å². The lowest BCUT2D eigenvalue weighted by molar-refractivity contribution is 0.129. The molecule has 0 unspecified atom stereocenters. The topological polar surface area (TPSA) is 30.8 Å². The second kappa shape index (κ2) is 7.45. The number of rotatable bonds is 6.